The number of hydrogen-bond donors (Lipinski definition) is 2. The van der Waals surface area contributed by atoms with E-state index in [9.17, 15) is 9.59 Å². The lowest BCUT2D eigenvalue weighted by molar-refractivity contribution is -0.123. The van der Waals surface area contributed by atoms with Gasteiger partial charge in [-0.2, -0.15) is 0 Å². The van der Waals surface area contributed by atoms with E-state index in [-0.39, 0.29) is 18.4 Å². The Hall–Kier alpha value is -2.11. The molecule has 2 heterocycles. The average Bonchev–Trinajstić information content (AvgIpc) is 2.39. The van der Waals surface area contributed by atoms with E-state index in [1.165, 1.54) is 0 Å². The van der Waals surface area contributed by atoms with Crippen LogP contribution >= 0.6 is 0 Å². The van der Waals surface area contributed by atoms with Crippen molar-refractivity contribution in [3.8, 4) is 0 Å². The minimum Gasteiger partial charge on any atom is -0.383 e. The number of piperazine rings is 1. The predicted molar refractivity (Wildman–Crippen MR) is 67.3 cm³/mol. The SMILES string of the molecule is CCNc1cnccc1C(=O)N1CCNC(=O)C1. The Balaban J connectivity index is 2.19. The summed E-state index contributed by atoms with van der Waals surface area (Å²) in [5.74, 6) is -0.253. The fourth-order valence-corrected chi connectivity index (χ4v) is 1.89. The lowest BCUT2D eigenvalue weighted by Crippen LogP contribution is -2.50. The largest absolute Gasteiger partial charge is 0.383 e. The van der Waals surface area contributed by atoms with Crippen molar-refractivity contribution in [3.05, 3.63) is 24.0 Å². The van der Waals surface area contributed by atoms with Gasteiger partial charge in [-0.3, -0.25) is 14.6 Å². The van der Waals surface area contributed by atoms with E-state index >= 15 is 0 Å². The Morgan fingerprint density at radius 2 is 2.44 bits per heavy atom. The molecule has 2 amide bonds. The highest BCUT2D eigenvalue weighted by molar-refractivity contribution is 6.01. The molecule has 0 aromatic carbocycles. The number of pyridine rings is 1. The molecular weight excluding hydrogens is 232 g/mol. The van der Waals surface area contributed by atoms with Gasteiger partial charge in [0.05, 0.1) is 24.0 Å². The number of anilines is 1. The van der Waals surface area contributed by atoms with Crippen molar-refractivity contribution < 1.29 is 9.59 Å². The van der Waals surface area contributed by atoms with Gasteiger partial charge in [0.25, 0.3) is 5.91 Å². The highest BCUT2D eigenvalue weighted by atomic mass is 16.2. The molecule has 2 rings (SSSR count). The number of carbonyl (C=O) groups excluding carboxylic acids is 2. The van der Waals surface area contributed by atoms with Crippen LogP contribution in [0.5, 0.6) is 0 Å². The third-order valence-corrected chi connectivity index (χ3v) is 2.74. The Morgan fingerprint density at radius 1 is 1.61 bits per heavy atom. The molecule has 1 aromatic heterocycles. The van der Waals surface area contributed by atoms with Gasteiger partial charge >= 0.3 is 0 Å². The summed E-state index contributed by atoms with van der Waals surface area (Å²) in [7, 11) is 0. The molecule has 0 atom stereocenters. The molecule has 1 aliphatic heterocycles. The van der Waals surface area contributed by atoms with E-state index in [2.05, 4.69) is 15.6 Å². The van der Waals surface area contributed by atoms with E-state index in [0.717, 1.165) is 0 Å². The molecule has 1 saturated heterocycles. The van der Waals surface area contributed by atoms with Crippen LogP contribution in [-0.2, 0) is 4.79 Å². The monoisotopic (exact) mass is 248 g/mol. The minimum absolute atomic E-state index is 0.117. The van der Waals surface area contributed by atoms with Crippen molar-refractivity contribution in [1.82, 2.24) is 15.2 Å². The minimum atomic E-state index is -0.136. The van der Waals surface area contributed by atoms with Crippen LogP contribution in [0.1, 0.15) is 17.3 Å². The number of amides is 2. The van der Waals surface area contributed by atoms with Gasteiger partial charge in [0.2, 0.25) is 5.91 Å². The average molecular weight is 248 g/mol. The zero-order chi connectivity index (χ0) is 13.0. The molecule has 0 unspecified atom stereocenters. The van der Waals surface area contributed by atoms with Gasteiger partial charge in [0, 0.05) is 25.8 Å². The lowest BCUT2D eigenvalue weighted by atomic mass is 10.2. The third-order valence-electron chi connectivity index (χ3n) is 2.74. The van der Waals surface area contributed by atoms with Crippen molar-refractivity contribution in [2.45, 2.75) is 6.92 Å². The van der Waals surface area contributed by atoms with Crippen LogP contribution in [0.4, 0.5) is 5.69 Å². The van der Waals surface area contributed by atoms with Crippen LogP contribution in [0.3, 0.4) is 0 Å². The van der Waals surface area contributed by atoms with Gasteiger partial charge < -0.3 is 15.5 Å². The molecular formula is C12H16N4O2. The van der Waals surface area contributed by atoms with Crippen LogP contribution in [-0.4, -0.2) is 47.9 Å². The summed E-state index contributed by atoms with van der Waals surface area (Å²) in [5, 5.41) is 5.79. The molecule has 0 radical (unpaired) electrons. The summed E-state index contributed by atoms with van der Waals surface area (Å²) in [6.45, 7) is 3.83. The lowest BCUT2D eigenvalue weighted by Gasteiger charge is -2.27. The first-order valence-electron chi connectivity index (χ1n) is 5.96. The van der Waals surface area contributed by atoms with Crippen molar-refractivity contribution in [2.24, 2.45) is 0 Å². The van der Waals surface area contributed by atoms with Crippen LogP contribution in [0.25, 0.3) is 0 Å². The molecule has 1 aliphatic rings. The number of hydrogen-bond acceptors (Lipinski definition) is 4. The Labute approximate surface area is 105 Å². The number of carbonyl (C=O) groups is 2. The zero-order valence-corrected chi connectivity index (χ0v) is 10.3. The molecule has 1 fully saturated rings. The van der Waals surface area contributed by atoms with E-state index in [1.807, 2.05) is 6.92 Å². The summed E-state index contributed by atoms with van der Waals surface area (Å²) < 4.78 is 0. The van der Waals surface area contributed by atoms with Crippen LogP contribution < -0.4 is 10.6 Å². The molecule has 6 heteroatoms. The predicted octanol–water partition coefficient (Wildman–Crippen LogP) is 0.0854. The van der Waals surface area contributed by atoms with E-state index in [4.69, 9.17) is 0 Å². The number of rotatable bonds is 3. The van der Waals surface area contributed by atoms with E-state index in [1.54, 1.807) is 23.4 Å². The standard InChI is InChI=1S/C12H16N4O2/c1-2-14-10-7-13-4-3-9(10)12(18)16-6-5-15-11(17)8-16/h3-4,7,14H,2,5-6,8H2,1H3,(H,15,17). The maximum atomic E-state index is 12.3. The number of aromatic nitrogens is 1. The molecule has 0 spiro atoms. The summed E-state index contributed by atoms with van der Waals surface area (Å²) in [6.07, 6.45) is 3.21. The summed E-state index contributed by atoms with van der Waals surface area (Å²) in [6, 6.07) is 1.67. The van der Waals surface area contributed by atoms with Crippen molar-refractivity contribution in [3.63, 3.8) is 0 Å². The number of nitrogens with one attached hydrogen (secondary N) is 2. The normalized spacial score (nSPS) is 15.2. The Morgan fingerprint density at radius 3 is 3.17 bits per heavy atom. The highest BCUT2D eigenvalue weighted by Crippen LogP contribution is 2.16. The van der Waals surface area contributed by atoms with E-state index in [0.29, 0.717) is 30.9 Å². The third kappa shape index (κ3) is 2.58. The summed E-state index contributed by atoms with van der Waals surface area (Å²) in [4.78, 5) is 29.2. The Bertz CT molecular complexity index is 461. The molecule has 0 bridgehead atoms. The first-order chi connectivity index (χ1) is 8.72. The smallest absolute Gasteiger partial charge is 0.256 e. The fraction of sp³-hybridized carbons (Fsp3) is 0.417. The quantitative estimate of drug-likeness (QED) is 0.794. The molecule has 96 valence electrons. The first-order valence-corrected chi connectivity index (χ1v) is 5.96. The maximum absolute atomic E-state index is 12.3. The van der Waals surface area contributed by atoms with Crippen molar-refractivity contribution in [2.75, 3.05) is 31.5 Å². The molecule has 0 saturated carbocycles. The molecule has 2 N–H and O–H groups in total. The summed E-state index contributed by atoms with van der Waals surface area (Å²) >= 11 is 0. The van der Waals surface area contributed by atoms with Gasteiger partial charge in [0.15, 0.2) is 0 Å². The van der Waals surface area contributed by atoms with Gasteiger partial charge in [-0.05, 0) is 13.0 Å². The van der Waals surface area contributed by atoms with Gasteiger partial charge in [-0.15, -0.1) is 0 Å². The zero-order valence-electron chi connectivity index (χ0n) is 10.3. The van der Waals surface area contributed by atoms with Crippen molar-refractivity contribution in [1.29, 1.82) is 0 Å². The van der Waals surface area contributed by atoms with Crippen molar-refractivity contribution >= 4 is 17.5 Å². The first kappa shape index (κ1) is 12.3. The van der Waals surface area contributed by atoms with Gasteiger partial charge in [0.1, 0.15) is 0 Å². The Kier molecular flexibility index (Phi) is 3.76. The van der Waals surface area contributed by atoms with E-state index < -0.39 is 0 Å². The molecule has 18 heavy (non-hydrogen) atoms. The second kappa shape index (κ2) is 5.48. The maximum Gasteiger partial charge on any atom is 0.256 e. The van der Waals surface area contributed by atoms with Gasteiger partial charge in [-0.25, -0.2) is 0 Å². The molecule has 1 aromatic rings. The second-order valence-electron chi connectivity index (χ2n) is 4.03. The van der Waals surface area contributed by atoms with Gasteiger partial charge in [-0.1, -0.05) is 0 Å². The van der Waals surface area contributed by atoms with Crippen LogP contribution in [0.2, 0.25) is 0 Å². The summed E-state index contributed by atoms with van der Waals surface area (Å²) in [5.41, 5.74) is 1.26. The number of nitrogens with zero attached hydrogens (tertiary/aromatic N) is 2. The van der Waals surface area contributed by atoms with Crippen LogP contribution in [0, 0.1) is 0 Å². The topological polar surface area (TPSA) is 74.3 Å². The molecule has 0 aliphatic carbocycles. The fourth-order valence-electron chi connectivity index (χ4n) is 1.89. The highest BCUT2D eigenvalue weighted by Gasteiger charge is 2.23. The molecule has 6 nitrogen and oxygen atoms in total. The second-order valence-corrected chi connectivity index (χ2v) is 4.03. The van der Waals surface area contributed by atoms with Crippen LogP contribution in [0.15, 0.2) is 18.5 Å².